The average Bonchev–Trinajstić information content (AvgIpc) is 2.47. The lowest BCUT2D eigenvalue weighted by molar-refractivity contribution is -0.138. The van der Waals surface area contributed by atoms with Crippen LogP contribution in [0.4, 0.5) is 0 Å². The summed E-state index contributed by atoms with van der Waals surface area (Å²) in [7, 11) is 0. The predicted octanol–water partition coefficient (Wildman–Crippen LogP) is 2.93. The smallest absolute Gasteiger partial charge is 0.339 e. The van der Waals surface area contributed by atoms with Crippen molar-refractivity contribution in [2.45, 2.75) is 32.3 Å². The number of hydrogen-bond acceptors (Lipinski definition) is 3. The number of halogens is 1. The van der Waals surface area contributed by atoms with E-state index in [0.29, 0.717) is 4.47 Å². The maximum atomic E-state index is 12.3. The number of ether oxygens (including phenoxy) is 1. The minimum Gasteiger partial charge on any atom is -0.480 e. The van der Waals surface area contributed by atoms with Crippen molar-refractivity contribution < 1.29 is 19.4 Å². The minimum atomic E-state index is -1.07. The third kappa shape index (κ3) is 3.97. The predicted molar refractivity (Wildman–Crippen MR) is 81.6 cm³/mol. The Balaban J connectivity index is 2.11. The zero-order chi connectivity index (χ0) is 15.4. The zero-order valence-corrected chi connectivity index (χ0v) is 13.4. The Morgan fingerprint density at radius 1 is 1.29 bits per heavy atom. The molecule has 0 radical (unpaired) electrons. The second-order valence-corrected chi connectivity index (χ2v) is 6.01. The van der Waals surface area contributed by atoms with Crippen LogP contribution in [0.1, 0.15) is 36.5 Å². The summed E-state index contributed by atoms with van der Waals surface area (Å²) in [6, 6.07) is 4.66. The van der Waals surface area contributed by atoms with Gasteiger partial charge in [-0.15, -0.1) is 0 Å². The molecule has 1 aliphatic heterocycles. The molecule has 1 aromatic carbocycles. The molecule has 1 heterocycles. The molecule has 1 amide bonds. The Bertz CT molecular complexity index is 540. The highest BCUT2D eigenvalue weighted by molar-refractivity contribution is 9.10. The third-order valence-electron chi connectivity index (χ3n) is 3.49. The van der Waals surface area contributed by atoms with Crippen LogP contribution >= 0.6 is 15.9 Å². The first-order valence-corrected chi connectivity index (χ1v) is 7.76. The Morgan fingerprint density at radius 3 is 2.57 bits per heavy atom. The highest BCUT2D eigenvalue weighted by Gasteiger charge is 2.25. The van der Waals surface area contributed by atoms with Gasteiger partial charge in [0.1, 0.15) is 11.3 Å². The van der Waals surface area contributed by atoms with Crippen LogP contribution in [-0.2, 0) is 4.79 Å². The van der Waals surface area contributed by atoms with Crippen molar-refractivity contribution in [3.8, 4) is 5.75 Å². The monoisotopic (exact) mass is 355 g/mol. The molecule has 0 aliphatic carbocycles. The SMILES string of the molecule is CC(Oc1cc(Br)ccc1C(=O)O)C(=O)N1CCCCC1. The van der Waals surface area contributed by atoms with E-state index in [1.807, 2.05) is 0 Å². The van der Waals surface area contributed by atoms with Gasteiger partial charge >= 0.3 is 5.97 Å². The summed E-state index contributed by atoms with van der Waals surface area (Å²) in [5, 5.41) is 9.17. The summed E-state index contributed by atoms with van der Waals surface area (Å²) in [5.41, 5.74) is 0.0523. The van der Waals surface area contributed by atoms with E-state index in [9.17, 15) is 9.59 Å². The average molecular weight is 356 g/mol. The van der Waals surface area contributed by atoms with Crippen LogP contribution in [-0.4, -0.2) is 41.1 Å². The van der Waals surface area contributed by atoms with Crippen LogP contribution in [0.5, 0.6) is 5.75 Å². The van der Waals surface area contributed by atoms with E-state index in [0.717, 1.165) is 32.4 Å². The third-order valence-corrected chi connectivity index (χ3v) is 3.99. The number of likely N-dealkylation sites (tertiary alicyclic amines) is 1. The highest BCUT2D eigenvalue weighted by atomic mass is 79.9. The van der Waals surface area contributed by atoms with Gasteiger partial charge in [-0.3, -0.25) is 4.79 Å². The van der Waals surface area contributed by atoms with E-state index in [1.54, 1.807) is 24.0 Å². The molecule has 5 nitrogen and oxygen atoms in total. The lowest BCUT2D eigenvalue weighted by Gasteiger charge is -2.29. The molecular weight excluding hydrogens is 338 g/mol. The summed E-state index contributed by atoms with van der Waals surface area (Å²) >= 11 is 3.28. The summed E-state index contributed by atoms with van der Waals surface area (Å²) < 4.78 is 6.31. The summed E-state index contributed by atoms with van der Waals surface area (Å²) in [5.74, 6) is -0.962. The van der Waals surface area contributed by atoms with Crippen molar-refractivity contribution in [1.29, 1.82) is 0 Å². The van der Waals surface area contributed by atoms with Crippen molar-refractivity contribution in [2.24, 2.45) is 0 Å². The lowest BCUT2D eigenvalue weighted by atomic mass is 10.1. The maximum Gasteiger partial charge on any atom is 0.339 e. The second-order valence-electron chi connectivity index (χ2n) is 5.09. The molecular formula is C15H18BrNO4. The van der Waals surface area contributed by atoms with E-state index in [2.05, 4.69) is 15.9 Å². The molecule has 1 aliphatic rings. The number of carboxylic acid groups (broad SMARTS) is 1. The molecule has 2 rings (SSSR count). The summed E-state index contributed by atoms with van der Waals surface area (Å²) in [6.07, 6.45) is 2.47. The number of aromatic carboxylic acids is 1. The van der Waals surface area contributed by atoms with E-state index < -0.39 is 12.1 Å². The van der Waals surface area contributed by atoms with E-state index in [-0.39, 0.29) is 17.2 Å². The fourth-order valence-corrected chi connectivity index (χ4v) is 2.72. The normalized spacial score (nSPS) is 16.4. The first-order valence-electron chi connectivity index (χ1n) is 6.97. The number of benzene rings is 1. The van der Waals surface area contributed by atoms with Gasteiger partial charge in [0.25, 0.3) is 5.91 Å². The van der Waals surface area contributed by atoms with Gasteiger partial charge in [0.05, 0.1) is 0 Å². The Hall–Kier alpha value is -1.56. The molecule has 0 spiro atoms. The first kappa shape index (κ1) is 15.8. The van der Waals surface area contributed by atoms with Crippen molar-refractivity contribution in [1.82, 2.24) is 4.90 Å². The first-order chi connectivity index (χ1) is 9.99. The van der Waals surface area contributed by atoms with Crippen molar-refractivity contribution >= 4 is 27.8 Å². The van der Waals surface area contributed by atoms with Gasteiger partial charge in [0.15, 0.2) is 6.10 Å². The molecule has 1 atom stereocenters. The summed E-state index contributed by atoms with van der Waals surface area (Å²) in [4.78, 5) is 25.3. The van der Waals surface area contributed by atoms with Gasteiger partial charge in [-0.2, -0.15) is 0 Å². The van der Waals surface area contributed by atoms with Crippen LogP contribution in [0.2, 0.25) is 0 Å². The second kappa shape index (κ2) is 6.93. The molecule has 21 heavy (non-hydrogen) atoms. The van der Waals surface area contributed by atoms with Gasteiger partial charge in [-0.1, -0.05) is 15.9 Å². The van der Waals surface area contributed by atoms with Gasteiger partial charge in [0, 0.05) is 17.6 Å². The van der Waals surface area contributed by atoms with Gasteiger partial charge in [0.2, 0.25) is 0 Å². The largest absolute Gasteiger partial charge is 0.480 e. The molecule has 0 aromatic heterocycles. The lowest BCUT2D eigenvalue weighted by Crippen LogP contribution is -2.43. The fourth-order valence-electron chi connectivity index (χ4n) is 2.38. The van der Waals surface area contributed by atoms with Crippen molar-refractivity contribution in [3.05, 3.63) is 28.2 Å². The standard InChI is InChI=1S/C15H18BrNO4/c1-10(14(18)17-7-3-2-4-8-17)21-13-9-11(16)5-6-12(13)15(19)20/h5-6,9-10H,2-4,7-8H2,1H3,(H,19,20). The maximum absolute atomic E-state index is 12.3. The van der Waals surface area contributed by atoms with Gasteiger partial charge < -0.3 is 14.7 Å². The number of carbonyl (C=O) groups is 2. The van der Waals surface area contributed by atoms with Crippen LogP contribution < -0.4 is 4.74 Å². The van der Waals surface area contributed by atoms with E-state index >= 15 is 0 Å². The van der Waals surface area contributed by atoms with Crippen LogP contribution in [0, 0.1) is 0 Å². The van der Waals surface area contributed by atoms with Crippen LogP contribution in [0.15, 0.2) is 22.7 Å². The number of rotatable bonds is 4. The fraction of sp³-hybridized carbons (Fsp3) is 0.467. The molecule has 1 fully saturated rings. The molecule has 1 N–H and O–H groups in total. The Labute approximate surface area is 132 Å². The molecule has 0 saturated carbocycles. The van der Waals surface area contributed by atoms with Gasteiger partial charge in [-0.25, -0.2) is 4.79 Å². The Morgan fingerprint density at radius 2 is 1.95 bits per heavy atom. The highest BCUT2D eigenvalue weighted by Crippen LogP contribution is 2.25. The zero-order valence-electron chi connectivity index (χ0n) is 11.8. The van der Waals surface area contributed by atoms with Gasteiger partial charge in [-0.05, 0) is 44.4 Å². The number of nitrogens with zero attached hydrogens (tertiary/aromatic N) is 1. The minimum absolute atomic E-state index is 0.0523. The molecule has 1 saturated heterocycles. The number of piperidine rings is 1. The number of carbonyl (C=O) groups excluding carboxylic acids is 1. The van der Waals surface area contributed by atoms with E-state index in [1.165, 1.54) is 6.07 Å². The molecule has 114 valence electrons. The number of carboxylic acids is 1. The number of hydrogen-bond donors (Lipinski definition) is 1. The van der Waals surface area contributed by atoms with Crippen molar-refractivity contribution in [3.63, 3.8) is 0 Å². The topological polar surface area (TPSA) is 66.8 Å². The Kier molecular flexibility index (Phi) is 5.22. The number of amides is 1. The van der Waals surface area contributed by atoms with Crippen LogP contribution in [0.3, 0.4) is 0 Å². The molecule has 0 bridgehead atoms. The summed E-state index contributed by atoms with van der Waals surface area (Å²) in [6.45, 7) is 3.15. The van der Waals surface area contributed by atoms with Crippen LogP contribution in [0.25, 0.3) is 0 Å². The molecule has 1 aromatic rings. The molecule has 1 unspecified atom stereocenters. The quantitative estimate of drug-likeness (QED) is 0.901. The molecule has 6 heteroatoms. The van der Waals surface area contributed by atoms with E-state index in [4.69, 9.17) is 9.84 Å². The van der Waals surface area contributed by atoms with Crippen molar-refractivity contribution in [2.75, 3.05) is 13.1 Å².